The Balaban J connectivity index is 1.90. The molecule has 0 spiro atoms. The minimum Gasteiger partial charge on any atom is -0.477 e. The van der Waals surface area contributed by atoms with Gasteiger partial charge in [-0.1, -0.05) is 6.42 Å². The van der Waals surface area contributed by atoms with E-state index in [9.17, 15) is 13.2 Å². The van der Waals surface area contributed by atoms with Crippen molar-refractivity contribution in [3.05, 3.63) is 17.0 Å². The Hall–Kier alpha value is -1.34. The summed E-state index contributed by atoms with van der Waals surface area (Å²) in [6.07, 6.45) is 4.30. The van der Waals surface area contributed by atoms with Crippen molar-refractivity contribution in [1.29, 1.82) is 0 Å². The predicted octanol–water partition coefficient (Wildman–Crippen LogP) is 1.80. The molecule has 0 saturated heterocycles. The van der Waals surface area contributed by atoms with Gasteiger partial charge in [0.15, 0.2) is 0 Å². The maximum atomic E-state index is 12.6. The lowest BCUT2D eigenvalue weighted by Crippen LogP contribution is -2.38. The standard InChI is InChI=1S/C14H20N2O4S/c1-7-12(14(17)18)15-8(2)13(7)21(19,20)16-11-6-9-3-4-10(11)5-9/h9-11,15-16H,3-6H2,1-2H3,(H,17,18). The molecule has 3 rings (SSSR count). The van der Waals surface area contributed by atoms with E-state index in [2.05, 4.69) is 9.71 Å². The minimum atomic E-state index is -3.68. The Kier molecular flexibility index (Phi) is 3.37. The van der Waals surface area contributed by atoms with E-state index >= 15 is 0 Å². The van der Waals surface area contributed by atoms with Crippen LogP contribution in [0.5, 0.6) is 0 Å². The Morgan fingerprint density at radius 2 is 2.00 bits per heavy atom. The maximum absolute atomic E-state index is 12.6. The number of nitrogens with one attached hydrogen (secondary N) is 2. The van der Waals surface area contributed by atoms with Crippen LogP contribution in [0, 0.1) is 25.7 Å². The average Bonchev–Trinajstić information content (AvgIpc) is 3.02. The van der Waals surface area contributed by atoms with Crippen molar-refractivity contribution in [3.63, 3.8) is 0 Å². The molecule has 0 aromatic carbocycles. The SMILES string of the molecule is Cc1[nH]c(C(=O)O)c(C)c1S(=O)(=O)NC1CC2CCC1C2. The first-order valence-corrected chi connectivity index (χ1v) is 8.72. The second-order valence-electron chi connectivity index (χ2n) is 6.29. The van der Waals surface area contributed by atoms with Gasteiger partial charge in [-0.25, -0.2) is 17.9 Å². The summed E-state index contributed by atoms with van der Waals surface area (Å²) >= 11 is 0. The van der Waals surface area contributed by atoms with E-state index in [4.69, 9.17) is 5.11 Å². The fourth-order valence-corrected chi connectivity index (χ4v) is 5.76. The van der Waals surface area contributed by atoms with Gasteiger partial charge in [0.05, 0.1) is 0 Å². The lowest BCUT2D eigenvalue weighted by atomic mass is 9.96. The molecule has 3 atom stereocenters. The highest BCUT2D eigenvalue weighted by Crippen LogP contribution is 2.45. The van der Waals surface area contributed by atoms with Crippen LogP contribution in [0.3, 0.4) is 0 Å². The summed E-state index contributed by atoms with van der Waals surface area (Å²) in [5, 5.41) is 9.09. The van der Waals surface area contributed by atoms with E-state index in [1.54, 1.807) is 6.92 Å². The maximum Gasteiger partial charge on any atom is 0.352 e. The van der Waals surface area contributed by atoms with Gasteiger partial charge in [-0.15, -0.1) is 0 Å². The Labute approximate surface area is 124 Å². The van der Waals surface area contributed by atoms with Crippen molar-refractivity contribution in [2.75, 3.05) is 0 Å². The lowest BCUT2D eigenvalue weighted by Gasteiger charge is -2.22. The van der Waals surface area contributed by atoms with Crippen LogP contribution in [-0.4, -0.2) is 30.5 Å². The topological polar surface area (TPSA) is 99.3 Å². The van der Waals surface area contributed by atoms with Crippen LogP contribution in [0.4, 0.5) is 0 Å². The first kappa shape index (κ1) is 14.6. The number of aromatic amines is 1. The third-order valence-corrected chi connectivity index (χ3v) is 6.66. The summed E-state index contributed by atoms with van der Waals surface area (Å²) in [5.41, 5.74) is 0.594. The fourth-order valence-electron chi connectivity index (χ4n) is 4.00. The molecule has 3 unspecified atom stereocenters. The van der Waals surface area contributed by atoms with Crippen molar-refractivity contribution < 1.29 is 18.3 Å². The summed E-state index contributed by atoms with van der Waals surface area (Å²) in [7, 11) is -3.68. The number of aromatic nitrogens is 1. The average molecular weight is 312 g/mol. The highest BCUT2D eigenvalue weighted by molar-refractivity contribution is 7.89. The van der Waals surface area contributed by atoms with Crippen LogP contribution in [0.25, 0.3) is 0 Å². The molecule has 6 nitrogen and oxygen atoms in total. The molecule has 21 heavy (non-hydrogen) atoms. The van der Waals surface area contributed by atoms with Crippen molar-refractivity contribution in [2.24, 2.45) is 11.8 Å². The zero-order chi connectivity index (χ0) is 15.4. The molecular formula is C14H20N2O4S. The number of fused-ring (bicyclic) bond motifs is 2. The van der Waals surface area contributed by atoms with Gasteiger partial charge in [-0.05, 0) is 44.9 Å². The number of aromatic carboxylic acids is 1. The molecule has 2 bridgehead atoms. The third kappa shape index (κ3) is 2.38. The number of sulfonamides is 1. The molecule has 2 aliphatic carbocycles. The van der Waals surface area contributed by atoms with Gasteiger partial charge in [0.25, 0.3) is 0 Å². The molecular weight excluding hydrogens is 292 g/mol. The molecule has 7 heteroatoms. The minimum absolute atomic E-state index is 0.00396. The van der Waals surface area contributed by atoms with Crippen molar-refractivity contribution in [3.8, 4) is 0 Å². The quantitative estimate of drug-likeness (QED) is 0.789. The van der Waals surface area contributed by atoms with E-state index in [0.29, 0.717) is 17.5 Å². The molecule has 2 fully saturated rings. The number of aryl methyl sites for hydroxylation is 1. The van der Waals surface area contributed by atoms with Gasteiger partial charge >= 0.3 is 5.97 Å². The molecule has 1 aromatic heterocycles. The second kappa shape index (κ2) is 4.84. The Morgan fingerprint density at radius 3 is 2.48 bits per heavy atom. The monoisotopic (exact) mass is 312 g/mol. The number of H-pyrrole nitrogens is 1. The largest absolute Gasteiger partial charge is 0.477 e. The van der Waals surface area contributed by atoms with E-state index < -0.39 is 16.0 Å². The number of carboxylic acids is 1. The van der Waals surface area contributed by atoms with Gasteiger partial charge in [-0.2, -0.15) is 0 Å². The molecule has 2 saturated carbocycles. The van der Waals surface area contributed by atoms with Crippen LogP contribution in [-0.2, 0) is 10.0 Å². The summed E-state index contributed by atoms with van der Waals surface area (Å²) in [4.78, 5) is 13.9. The number of carbonyl (C=O) groups is 1. The molecule has 2 aliphatic rings. The first-order chi connectivity index (χ1) is 9.79. The molecule has 1 aromatic rings. The smallest absolute Gasteiger partial charge is 0.352 e. The van der Waals surface area contributed by atoms with Crippen molar-refractivity contribution in [2.45, 2.75) is 50.5 Å². The number of hydrogen-bond donors (Lipinski definition) is 3. The highest BCUT2D eigenvalue weighted by Gasteiger charge is 2.42. The van der Waals surface area contributed by atoms with Gasteiger partial charge in [-0.3, -0.25) is 0 Å². The van der Waals surface area contributed by atoms with Crippen LogP contribution >= 0.6 is 0 Å². The lowest BCUT2D eigenvalue weighted by molar-refractivity contribution is 0.0690. The van der Waals surface area contributed by atoms with Crippen LogP contribution in [0.2, 0.25) is 0 Å². The van der Waals surface area contributed by atoms with Crippen LogP contribution < -0.4 is 4.72 Å². The number of rotatable bonds is 4. The van der Waals surface area contributed by atoms with E-state index in [1.165, 1.54) is 13.3 Å². The number of hydrogen-bond acceptors (Lipinski definition) is 3. The fraction of sp³-hybridized carbons (Fsp3) is 0.643. The van der Waals surface area contributed by atoms with Crippen molar-refractivity contribution in [1.82, 2.24) is 9.71 Å². The Bertz CT molecular complexity index is 692. The van der Waals surface area contributed by atoms with Crippen LogP contribution in [0.1, 0.15) is 47.4 Å². The molecule has 0 radical (unpaired) electrons. The van der Waals surface area contributed by atoms with E-state index in [-0.39, 0.29) is 22.2 Å². The predicted molar refractivity (Wildman–Crippen MR) is 76.8 cm³/mol. The number of carboxylic acid groups (broad SMARTS) is 1. The van der Waals surface area contributed by atoms with E-state index in [1.807, 2.05) is 0 Å². The normalized spacial score (nSPS) is 28.2. The first-order valence-electron chi connectivity index (χ1n) is 7.24. The van der Waals surface area contributed by atoms with Crippen LogP contribution in [0.15, 0.2) is 4.90 Å². The summed E-state index contributed by atoms with van der Waals surface area (Å²) in [5.74, 6) is -0.0639. The Morgan fingerprint density at radius 1 is 1.29 bits per heavy atom. The summed E-state index contributed by atoms with van der Waals surface area (Å²) in [6, 6.07) is -0.00396. The zero-order valence-corrected chi connectivity index (χ0v) is 13.0. The summed E-state index contributed by atoms with van der Waals surface area (Å²) < 4.78 is 28.0. The highest BCUT2D eigenvalue weighted by atomic mass is 32.2. The molecule has 1 heterocycles. The summed E-state index contributed by atoms with van der Waals surface area (Å²) in [6.45, 7) is 3.12. The second-order valence-corrected chi connectivity index (χ2v) is 7.94. The van der Waals surface area contributed by atoms with Gasteiger partial charge in [0.2, 0.25) is 10.0 Å². The van der Waals surface area contributed by atoms with Crippen molar-refractivity contribution >= 4 is 16.0 Å². The molecule has 116 valence electrons. The van der Waals surface area contributed by atoms with Gasteiger partial charge in [0.1, 0.15) is 10.6 Å². The molecule has 0 aliphatic heterocycles. The van der Waals surface area contributed by atoms with Gasteiger partial charge in [0, 0.05) is 17.3 Å². The van der Waals surface area contributed by atoms with E-state index in [0.717, 1.165) is 19.3 Å². The zero-order valence-electron chi connectivity index (χ0n) is 12.1. The van der Waals surface area contributed by atoms with Gasteiger partial charge < -0.3 is 10.1 Å². The molecule has 0 amide bonds. The third-order valence-electron chi connectivity index (χ3n) is 4.90. The molecule has 3 N–H and O–H groups in total.